The zero-order valence-electron chi connectivity index (χ0n) is 7.76. The molecular formula is C8H13N3O2. The van der Waals surface area contributed by atoms with Crippen molar-refractivity contribution in [3.8, 4) is 5.88 Å². The van der Waals surface area contributed by atoms with Crippen LogP contribution in [0.3, 0.4) is 0 Å². The monoisotopic (exact) mass is 183 g/mol. The number of aromatic nitrogens is 2. The minimum Gasteiger partial charge on any atom is -0.482 e. The molecule has 1 aromatic heterocycles. The van der Waals surface area contributed by atoms with Gasteiger partial charge < -0.3 is 10.1 Å². The first kappa shape index (κ1) is 9.73. The van der Waals surface area contributed by atoms with E-state index in [4.69, 9.17) is 4.74 Å². The zero-order valence-corrected chi connectivity index (χ0v) is 7.76. The standard InChI is InChI=1S/C8H13N3O2/c1-9-4-3-6-5-10-8(12)11-7(6)13-2/h5,9H,3-4H2,1-2H3,(H,10,11,12). The Balaban J connectivity index is 2.86. The van der Waals surface area contributed by atoms with Crippen LogP contribution >= 0.6 is 0 Å². The summed E-state index contributed by atoms with van der Waals surface area (Å²) in [6.45, 7) is 0.823. The summed E-state index contributed by atoms with van der Waals surface area (Å²) in [5.74, 6) is 0.496. The molecule has 2 N–H and O–H groups in total. The molecule has 0 bridgehead atoms. The van der Waals surface area contributed by atoms with E-state index in [0.29, 0.717) is 5.88 Å². The van der Waals surface area contributed by atoms with E-state index in [0.717, 1.165) is 18.5 Å². The SMILES string of the molecule is CNCCc1cnc(=O)[nH]c1OC. The molecule has 1 heterocycles. The van der Waals surface area contributed by atoms with Gasteiger partial charge in [-0.1, -0.05) is 0 Å². The van der Waals surface area contributed by atoms with Crippen molar-refractivity contribution in [3.63, 3.8) is 0 Å². The molecule has 72 valence electrons. The molecule has 5 heteroatoms. The molecule has 1 aromatic rings. The minimum absolute atomic E-state index is 0.384. The van der Waals surface area contributed by atoms with Crippen LogP contribution in [0.15, 0.2) is 11.0 Å². The van der Waals surface area contributed by atoms with Crippen LogP contribution in [-0.4, -0.2) is 30.7 Å². The van der Waals surface area contributed by atoms with Crippen LogP contribution in [0.1, 0.15) is 5.56 Å². The average Bonchev–Trinajstić information content (AvgIpc) is 2.16. The fraction of sp³-hybridized carbons (Fsp3) is 0.500. The third-order valence-corrected chi connectivity index (χ3v) is 1.70. The van der Waals surface area contributed by atoms with Crippen molar-refractivity contribution in [1.82, 2.24) is 15.3 Å². The van der Waals surface area contributed by atoms with Crippen LogP contribution in [-0.2, 0) is 6.42 Å². The maximum atomic E-state index is 10.8. The smallest absolute Gasteiger partial charge is 0.347 e. The summed E-state index contributed by atoms with van der Waals surface area (Å²) in [4.78, 5) is 17.0. The summed E-state index contributed by atoms with van der Waals surface area (Å²) in [6, 6.07) is 0. The quantitative estimate of drug-likeness (QED) is 0.663. The van der Waals surface area contributed by atoms with Gasteiger partial charge in [0.2, 0.25) is 0 Å². The second-order valence-corrected chi connectivity index (χ2v) is 2.60. The molecule has 0 radical (unpaired) electrons. The van der Waals surface area contributed by atoms with Gasteiger partial charge in [-0.05, 0) is 20.0 Å². The molecule has 0 saturated heterocycles. The Hall–Kier alpha value is -1.36. The van der Waals surface area contributed by atoms with Gasteiger partial charge in [-0.2, -0.15) is 0 Å². The fourth-order valence-electron chi connectivity index (χ4n) is 1.02. The number of nitrogens with zero attached hydrogens (tertiary/aromatic N) is 1. The summed E-state index contributed by atoms with van der Waals surface area (Å²) < 4.78 is 5.00. The number of H-pyrrole nitrogens is 1. The first-order valence-electron chi connectivity index (χ1n) is 4.04. The summed E-state index contributed by atoms with van der Waals surface area (Å²) in [5, 5.41) is 3.01. The van der Waals surface area contributed by atoms with Crippen LogP contribution in [0, 0.1) is 0 Å². The number of nitrogens with one attached hydrogen (secondary N) is 2. The Morgan fingerprint density at radius 2 is 2.46 bits per heavy atom. The molecule has 0 unspecified atom stereocenters. The number of methoxy groups -OCH3 is 1. The molecule has 0 aliphatic rings. The maximum absolute atomic E-state index is 10.8. The first-order valence-corrected chi connectivity index (χ1v) is 4.04. The van der Waals surface area contributed by atoms with Gasteiger partial charge in [0.05, 0.1) is 7.11 Å². The second-order valence-electron chi connectivity index (χ2n) is 2.60. The molecule has 0 aliphatic carbocycles. The highest BCUT2D eigenvalue weighted by Gasteiger charge is 2.03. The highest BCUT2D eigenvalue weighted by atomic mass is 16.5. The van der Waals surface area contributed by atoms with Crippen LogP contribution in [0.5, 0.6) is 5.88 Å². The topological polar surface area (TPSA) is 67.0 Å². The molecule has 0 aliphatic heterocycles. The molecule has 0 saturated carbocycles. The van der Waals surface area contributed by atoms with Gasteiger partial charge in [-0.25, -0.2) is 9.78 Å². The van der Waals surface area contributed by atoms with Gasteiger partial charge in [0.1, 0.15) is 0 Å². The van der Waals surface area contributed by atoms with Crippen LogP contribution in [0.2, 0.25) is 0 Å². The fourth-order valence-corrected chi connectivity index (χ4v) is 1.02. The van der Waals surface area contributed by atoms with Crippen molar-refractivity contribution < 1.29 is 4.74 Å². The Bertz CT molecular complexity index is 321. The van der Waals surface area contributed by atoms with Crippen LogP contribution in [0.4, 0.5) is 0 Å². The lowest BCUT2D eigenvalue weighted by molar-refractivity contribution is 0.389. The van der Waals surface area contributed by atoms with E-state index in [-0.39, 0.29) is 5.69 Å². The van der Waals surface area contributed by atoms with Gasteiger partial charge in [0.25, 0.3) is 0 Å². The Labute approximate surface area is 76.2 Å². The van der Waals surface area contributed by atoms with Gasteiger partial charge >= 0.3 is 5.69 Å². The second kappa shape index (κ2) is 4.61. The van der Waals surface area contributed by atoms with Crippen molar-refractivity contribution >= 4 is 0 Å². The summed E-state index contributed by atoms with van der Waals surface area (Å²) in [6.07, 6.45) is 2.32. The Kier molecular flexibility index (Phi) is 3.45. The molecule has 0 fully saturated rings. The molecule has 1 rings (SSSR count). The largest absolute Gasteiger partial charge is 0.482 e. The Morgan fingerprint density at radius 1 is 1.69 bits per heavy atom. The molecule has 13 heavy (non-hydrogen) atoms. The van der Waals surface area contributed by atoms with E-state index >= 15 is 0 Å². The zero-order chi connectivity index (χ0) is 9.68. The normalized spacial score (nSPS) is 10.0. The van der Waals surface area contributed by atoms with Crippen LogP contribution < -0.4 is 15.7 Å². The number of hydrogen-bond acceptors (Lipinski definition) is 4. The van der Waals surface area contributed by atoms with Gasteiger partial charge in [-0.3, -0.25) is 4.98 Å². The van der Waals surface area contributed by atoms with E-state index in [1.54, 1.807) is 0 Å². The molecule has 0 amide bonds. The third kappa shape index (κ3) is 2.55. The highest BCUT2D eigenvalue weighted by Crippen LogP contribution is 2.10. The number of rotatable bonds is 4. The highest BCUT2D eigenvalue weighted by molar-refractivity contribution is 5.22. The van der Waals surface area contributed by atoms with E-state index in [2.05, 4.69) is 15.3 Å². The molecular weight excluding hydrogens is 170 g/mol. The van der Waals surface area contributed by atoms with Gasteiger partial charge in [0.15, 0.2) is 5.88 Å². The van der Waals surface area contributed by atoms with Crippen molar-refractivity contribution in [2.24, 2.45) is 0 Å². The maximum Gasteiger partial charge on any atom is 0.347 e. The first-order chi connectivity index (χ1) is 6.27. The van der Waals surface area contributed by atoms with E-state index in [1.165, 1.54) is 13.3 Å². The predicted molar refractivity (Wildman–Crippen MR) is 49.0 cm³/mol. The predicted octanol–water partition coefficient (Wildman–Crippen LogP) is -0.460. The third-order valence-electron chi connectivity index (χ3n) is 1.70. The summed E-state index contributed by atoms with van der Waals surface area (Å²) in [7, 11) is 3.39. The molecule has 0 atom stereocenters. The lowest BCUT2D eigenvalue weighted by atomic mass is 10.2. The summed E-state index contributed by atoms with van der Waals surface area (Å²) >= 11 is 0. The average molecular weight is 183 g/mol. The van der Waals surface area contributed by atoms with Gasteiger partial charge in [-0.15, -0.1) is 0 Å². The van der Waals surface area contributed by atoms with E-state index in [1.807, 2.05) is 7.05 Å². The number of ether oxygens (including phenoxy) is 1. The van der Waals surface area contributed by atoms with Crippen molar-refractivity contribution in [2.45, 2.75) is 6.42 Å². The van der Waals surface area contributed by atoms with Gasteiger partial charge in [0, 0.05) is 11.8 Å². The minimum atomic E-state index is -0.384. The van der Waals surface area contributed by atoms with E-state index < -0.39 is 0 Å². The molecule has 0 aromatic carbocycles. The lowest BCUT2D eigenvalue weighted by Crippen LogP contribution is -2.16. The van der Waals surface area contributed by atoms with Crippen molar-refractivity contribution in [1.29, 1.82) is 0 Å². The van der Waals surface area contributed by atoms with E-state index in [9.17, 15) is 4.79 Å². The lowest BCUT2D eigenvalue weighted by Gasteiger charge is -2.05. The summed E-state index contributed by atoms with van der Waals surface area (Å²) in [5.41, 5.74) is 0.515. The number of aromatic amines is 1. The number of likely N-dealkylation sites (N-methyl/N-ethyl adjacent to an activating group) is 1. The van der Waals surface area contributed by atoms with Crippen molar-refractivity contribution in [2.75, 3.05) is 20.7 Å². The van der Waals surface area contributed by atoms with Crippen LogP contribution in [0.25, 0.3) is 0 Å². The Morgan fingerprint density at radius 3 is 3.08 bits per heavy atom. The molecule has 0 spiro atoms. The number of hydrogen-bond donors (Lipinski definition) is 2. The van der Waals surface area contributed by atoms with Crippen molar-refractivity contribution in [3.05, 3.63) is 22.2 Å². The molecule has 5 nitrogen and oxygen atoms in total.